The Morgan fingerprint density at radius 3 is 2.94 bits per heavy atom. The second kappa shape index (κ2) is 5.63. The van der Waals surface area contributed by atoms with Gasteiger partial charge in [-0.15, -0.1) is 0 Å². The molecular formula is C12H17N3O2. The molecule has 1 aliphatic rings. The molecule has 0 saturated heterocycles. The van der Waals surface area contributed by atoms with Crippen LogP contribution in [0.15, 0.2) is 18.3 Å². The molecule has 0 bridgehead atoms. The van der Waals surface area contributed by atoms with Crippen molar-refractivity contribution in [1.29, 1.82) is 0 Å². The third-order valence-electron chi connectivity index (χ3n) is 2.60. The number of carbonyl (C=O) groups is 1. The van der Waals surface area contributed by atoms with E-state index in [1.807, 2.05) is 6.07 Å². The number of hydrogen-bond acceptors (Lipinski definition) is 4. The Labute approximate surface area is 101 Å². The lowest BCUT2D eigenvalue weighted by molar-refractivity contribution is -0.117. The van der Waals surface area contributed by atoms with Crippen molar-refractivity contribution in [2.75, 3.05) is 30.9 Å². The van der Waals surface area contributed by atoms with Gasteiger partial charge in [-0.05, 0) is 25.0 Å². The number of rotatable bonds is 6. The summed E-state index contributed by atoms with van der Waals surface area (Å²) in [5, 5.41) is 5.96. The monoisotopic (exact) mass is 235 g/mol. The molecule has 1 aliphatic carbocycles. The highest BCUT2D eigenvalue weighted by atomic mass is 16.5. The number of hydrogen-bond donors (Lipinski definition) is 2. The van der Waals surface area contributed by atoms with E-state index in [0.717, 1.165) is 25.1 Å². The average Bonchev–Trinajstić information content (AvgIpc) is 3.16. The molecule has 0 atom stereocenters. The molecule has 0 aromatic carbocycles. The van der Waals surface area contributed by atoms with E-state index in [2.05, 4.69) is 15.6 Å². The maximum absolute atomic E-state index is 11.5. The van der Waals surface area contributed by atoms with Crippen LogP contribution in [0.5, 0.6) is 0 Å². The minimum absolute atomic E-state index is 0.0811. The van der Waals surface area contributed by atoms with Gasteiger partial charge in [0.1, 0.15) is 5.82 Å². The summed E-state index contributed by atoms with van der Waals surface area (Å²) in [6.45, 7) is 1.39. The lowest BCUT2D eigenvalue weighted by Crippen LogP contribution is -2.14. The van der Waals surface area contributed by atoms with Crippen molar-refractivity contribution < 1.29 is 9.53 Å². The molecule has 5 nitrogen and oxygen atoms in total. The summed E-state index contributed by atoms with van der Waals surface area (Å²) in [5.41, 5.74) is 0.923. The first-order valence-corrected chi connectivity index (χ1v) is 5.79. The van der Waals surface area contributed by atoms with Gasteiger partial charge in [-0.1, -0.05) is 0 Å². The van der Waals surface area contributed by atoms with Gasteiger partial charge in [-0.3, -0.25) is 4.79 Å². The van der Waals surface area contributed by atoms with Gasteiger partial charge >= 0.3 is 0 Å². The standard InChI is InChI=1S/C12H17N3O2/c1-17-7-6-13-10-4-5-11(14-8-10)15-12(16)9-2-3-9/h4-5,8-9,13H,2-3,6-7H2,1H3,(H,14,15,16). The van der Waals surface area contributed by atoms with Gasteiger partial charge < -0.3 is 15.4 Å². The SMILES string of the molecule is COCCNc1ccc(NC(=O)C2CC2)nc1. The largest absolute Gasteiger partial charge is 0.383 e. The van der Waals surface area contributed by atoms with Crippen molar-refractivity contribution in [3.05, 3.63) is 18.3 Å². The van der Waals surface area contributed by atoms with E-state index in [-0.39, 0.29) is 11.8 Å². The van der Waals surface area contributed by atoms with Gasteiger partial charge in [0.25, 0.3) is 0 Å². The number of carbonyl (C=O) groups excluding carboxylic acids is 1. The Bertz CT molecular complexity index is 374. The Morgan fingerprint density at radius 2 is 2.35 bits per heavy atom. The molecule has 1 fully saturated rings. The van der Waals surface area contributed by atoms with Gasteiger partial charge in [0.15, 0.2) is 0 Å². The minimum Gasteiger partial charge on any atom is -0.383 e. The van der Waals surface area contributed by atoms with Crippen molar-refractivity contribution in [2.24, 2.45) is 5.92 Å². The van der Waals surface area contributed by atoms with E-state index in [9.17, 15) is 4.79 Å². The molecule has 2 N–H and O–H groups in total. The van der Waals surface area contributed by atoms with E-state index >= 15 is 0 Å². The predicted molar refractivity (Wildman–Crippen MR) is 66.0 cm³/mol. The zero-order valence-corrected chi connectivity index (χ0v) is 9.90. The third-order valence-corrected chi connectivity index (χ3v) is 2.60. The van der Waals surface area contributed by atoms with Crippen LogP contribution in [0.25, 0.3) is 0 Å². The van der Waals surface area contributed by atoms with Crippen LogP contribution < -0.4 is 10.6 Å². The molecule has 0 unspecified atom stereocenters. The lowest BCUT2D eigenvalue weighted by Gasteiger charge is -2.07. The number of aromatic nitrogens is 1. The number of methoxy groups -OCH3 is 1. The summed E-state index contributed by atoms with van der Waals surface area (Å²) in [5.74, 6) is 0.896. The number of ether oxygens (including phenoxy) is 1. The number of pyridine rings is 1. The quantitative estimate of drug-likeness (QED) is 0.733. The van der Waals surface area contributed by atoms with E-state index in [4.69, 9.17) is 4.74 Å². The molecular weight excluding hydrogens is 218 g/mol. The fourth-order valence-electron chi connectivity index (χ4n) is 1.44. The van der Waals surface area contributed by atoms with Crippen LogP contribution in [-0.2, 0) is 9.53 Å². The van der Waals surface area contributed by atoms with Crippen molar-refractivity contribution in [3.63, 3.8) is 0 Å². The molecule has 1 amide bonds. The third kappa shape index (κ3) is 3.71. The van der Waals surface area contributed by atoms with Crippen LogP contribution in [0.2, 0.25) is 0 Å². The van der Waals surface area contributed by atoms with E-state index in [0.29, 0.717) is 12.4 Å². The molecule has 1 saturated carbocycles. The van der Waals surface area contributed by atoms with Gasteiger partial charge in [-0.25, -0.2) is 4.98 Å². The number of amides is 1. The topological polar surface area (TPSA) is 63.2 Å². The Kier molecular flexibility index (Phi) is 3.93. The molecule has 1 heterocycles. The van der Waals surface area contributed by atoms with Gasteiger partial charge in [0.2, 0.25) is 5.91 Å². The highest BCUT2D eigenvalue weighted by Gasteiger charge is 2.29. The maximum Gasteiger partial charge on any atom is 0.228 e. The maximum atomic E-state index is 11.5. The zero-order valence-electron chi connectivity index (χ0n) is 9.90. The summed E-state index contributed by atoms with van der Waals surface area (Å²) in [6.07, 6.45) is 3.71. The van der Waals surface area contributed by atoms with E-state index in [1.165, 1.54) is 0 Å². The highest BCUT2D eigenvalue weighted by Crippen LogP contribution is 2.29. The van der Waals surface area contributed by atoms with Crippen LogP contribution >= 0.6 is 0 Å². The Hall–Kier alpha value is -1.62. The minimum atomic E-state index is 0.0811. The van der Waals surface area contributed by atoms with E-state index < -0.39 is 0 Å². The van der Waals surface area contributed by atoms with Gasteiger partial charge in [0, 0.05) is 19.6 Å². The molecule has 17 heavy (non-hydrogen) atoms. The van der Waals surface area contributed by atoms with Crippen LogP contribution in [-0.4, -0.2) is 31.2 Å². The Balaban J connectivity index is 1.82. The zero-order chi connectivity index (χ0) is 12.1. The van der Waals surface area contributed by atoms with E-state index in [1.54, 1.807) is 19.4 Å². The second-order valence-electron chi connectivity index (χ2n) is 4.12. The lowest BCUT2D eigenvalue weighted by atomic mass is 10.3. The smallest absolute Gasteiger partial charge is 0.228 e. The molecule has 5 heteroatoms. The van der Waals surface area contributed by atoms with Gasteiger partial charge in [-0.2, -0.15) is 0 Å². The second-order valence-corrected chi connectivity index (χ2v) is 4.12. The summed E-state index contributed by atoms with van der Waals surface area (Å²) in [4.78, 5) is 15.7. The van der Waals surface area contributed by atoms with Crippen LogP contribution in [0, 0.1) is 5.92 Å². The molecule has 0 radical (unpaired) electrons. The number of nitrogens with zero attached hydrogens (tertiary/aromatic N) is 1. The number of nitrogens with one attached hydrogen (secondary N) is 2. The molecule has 92 valence electrons. The molecule has 0 spiro atoms. The molecule has 1 aromatic rings. The summed E-state index contributed by atoms with van der Waals surface area (Å²) >= 11 is 0. The Morgan fingerprint density at radius 1 is 1.53 bits per heavy atom. The van der Waals surface area contributed by atoms with Crippen molar-refractivity contribution in [1.82, 2.24) is 4.98 Å². The first-order valence-electron chi connectivity index (χ1n) is 5.79. The van der Waals surface area contributed by atoms with Crippen molar-refractivity contribution in [2.45, 2.75) is 12.8 Å². The fraction of sp³-hybridized carbons (Fsp3) is 0.500. The molecule has 2 rings (SSSR count). The van der Waals surface area contributed by atoms with Crippen molar-refractivity contribution >= 4 is 17.4 Å². The normalized spacial score (nSPS) is 14.4. The van der Waals surface area contributed by atoms with Crippen LogP contribution in [0.3, 0.4) is 0 Å². The van der Waals surface area contributed by atoms with Crippen molar-refractivity contribution in [3.8, 4) is 0 Å². The van der Waals surface area contributed by atoms with Crippen LogP contribution in [0.1, 0.15) is 12.8 Å². The fourth-order valence-corrected chi connectivity index (χ4v) is 1.44. The van der Waals surface area contributed by atoms with Crippen LogP contribution in [0.4, 0.5) is 11.5 Å². The highest BCUT2D eigenvalue weighted by molar-refractivity contribution is 5.93. The summed E-state index contributed by atoms with van der Waals surface area (Å²) < 4.78 is 4.93. The molecule has 0 aliphatic heterocycles. The summed E-state index contributed by atoms with van der Waals surface area (Å²) in [7, 11) is 1.66. The number of anilines is 2. The first kappa shape index (κ1) is 11.9. The van der Waals surface area contributed by atoms with Gasteiger partial charge in [0.05, 0.1) is 18.5 Å². The predicted octanol–water partition coefficient (Wildman–Crippen LogP) is 1.49. The molecule has 1 aromatic heterocycles. The summed E-state index contributed by atoms with van der Waals surface area (Å²) in [6, 6.07) is 3.70. The average molecular weight is 235 g/mol. The first-order chi connectivity index (χ1) is 8.29.